The number of hydrogen-bond acceptors (Lipinski definition) is 3. The van der Waals surface area contributed by atoms with Crippen LogP contribution in [0.5, 0.6) is 0 Å². The fraction of sp³-hybridized carbons (Fsp3) is 0.786. The van der Waals surface area contributed by atoms with Crippen LogP contribution in [0.4, 0.5) is 0 Å². The summed E-state index contributed by atoms with van der Waals surface area (Å²) in [6.45, 7) is 5.90. The summed E-state index contributed by atoms with van der Waals surface area (Å²) in [7, 11) is 2.01. The molecular weight excluding hydrogens is 226 g/mol. The number of aromatic nitrogens is 2. The van der Waals surface area contributed by atoms with Crippen LogP contribution in [0, 0.1) is 5.92 Å². The van der Waals surface area contributed by atoms with Crippen LogP contribution in [-0.2, 0) is 24.8 Å². The topological polar surface area (TPSA) is 39.1 Å². The Kier molecular flexibility index (Phi) is 5.20. The monoisotopic (exact) mass is 251 g/mol. The van der Waals surface area contributed by atoms with Crippen LogP contribution in [0.3, 0.4) is 0 Å². The van der Waals surface area contributed by atoms with E-state index in [1.807, 2.05) is 11.7 Å². The molecule has 1 saturated carbocycles. The summed E-state index contributed by atoms with van der Waals surface area (Å²) in [5.74, 6) is 0.875. The van der Waals surface area contributed by atoms with Crippen LogP contribution in [0.1, 0.15) is 37.6 Å². The first-order valence-corrected chi connectivity index (χ1v) is 7.10. The van der Waals surface area contributed by atoms with Crippen LogP contribution >= 0.6 is 0 Å². The van der Waals surface area contributed by atoms with Gasteiger partial charge in [-0.3, -0.25) is 4.68 Å². The third-order valence-corrected chi connectivity index (χ3v) is 3.39. The fourth-order valence-electron chi connectivity index (χ4n) is 1.96. The minimum absolute atomic E-state index is 0.875. The number of hydrogen-bond donors (Lipinski definition) is 1. The summed E-state index contributed by atoms with van der Waals surface area (Å²) in [4.78, 5) is 0. The van der Waals surface area contributed by atoms with E-state index in [-0.39, 0.29) is 0 Å². The Hall–Kier alpha value is -0.870. The SMILES string of the molecule is CCc1cc(CNCCCOCC2CC2)n(C)n1. The maximum atomic E-state index is 5.60. The maximum Gasteiger partial charge on any atom is 0.0625 e. The Morgan fingerprint density at radius 3 is 3.00 bits per heavy atom. The van der Waals surface area contributed by atoms with Crippen LogP contribution in [-0.4, -0.2) is 29.5 Å². The summed E-state index contributed by atoms with van der Waals surface area (Å²) in [5, 5.41) is 7.88. The lowest BCUT2D eigenvalue weighted by Crippen LogP contribution is -2.18. The van der Waals surface area contributed by atoms with Gasteiger partial charge in [0, 0.05) is 26.8 Å². The van der Waals surface area contributed by atoms with E-state index in [9.17, 15) is 0 Å². The Labute approximate surface area is 110 Å². The second-order valence-corrected chi connectivity index (χ2v) is 5.15. The van der Waals surface area contributed by atoms with Gasteiger partial charge in [-0.25, -0.2) is 0 Å². The maximum absolute atomic E-state index is 5.60. The quantitative estimate of drug-likeness (QED) is 0.681. The molecule has 2 rings (SSSR count). The summed E-state index contributed by atoms with van der Waals surface area (Å²) >= 11 is 0. The zero-order valence-corrected chi connectivity index (χ0v) is 11.6. The summed E-state index contributed by atoms with van der Waals surface area (Å²) in [6.07, 6.45) is 4.84. The zero-order valence-electron chi connectivity index (χ0n) is 11.6. The Morgan fingerprint density at radius 1 is 1.50 bits per heavy atom. The van der Waals surface area contributed by atoms with Crippen molar-refractivity contribution in [2.45, 2.75) is 39.2 Å². The molecule has 0 spiro atoms. The van der Waals surface area contributed by atoms with E-state index in [2.05, 4.69) is 23.4 Å². The predicted octanol–water partition coefficient (Wildman–Crippen LogP) is 1.89. The highest BCUT2D eigenvalue weighted by Gasteiger charge is 2.20. The van der Waals surface area contributed by atoms with Crippen molar-refractivity contribution < 1.29 is 4.74 Å². The second-order valence-electron chi connectivity index (χ2n) is 5.15. The van der Waals surface area contributed by atoms with Crippen molar-refractivity contribution in [3.63, 3.8) is 0 Å². The van der Waals surface area contributed by atoms with Crippen molar-refractivity contribution >= 4 is 0 Å². The number of ether oxygens (including phenoxy) is 1. The van der Waals surface area contributed by atoms with Gasteiger partial charge in [-0.15, -0.1) is 0 Å². The van der Waals surface area contributed by atoms with Gasteiger partial charge in [0.15, 0.2) is 0 Å². The largest absolute Gasteiger partial charge is 0.381 e. The van der Waals surface area contributed by atoms with E-state index in [4.69, 9.17) is 4.74 Å². The van der Waals surface area contributed by atoms with Crippen LogP contribution in [0.15, 0.2) is 6.07 Å². The summed E-state index contributed by atoms with van der Waals surface area (Å²) in [5.41, 5.74) is 2.42. The predicted molar refractivity (Wildman–Crippen MR) is 72.5 cm³/mol. The van der Waals surface area contributed by atoms with E-state index in [1.54, 1.807) is 0 Å². The standard InChI is InChI=1S/C14H25N3O/c1-3-13-9-14(17(2)16-13)10-15-7-4-8-18-11-12-5-6-12/h9,12,15H,3-8,10-11H2,1-2H3. The molecule has 18 heavy (non-hydrogen) atoms. The van der Waals surface area contributed by atoms with Gasteiger partial charge >= 0.3 is 0 Å². The molecule has 0 atom stereocenters. The molecule has 1 heterocycles. The molecule has 0 aromatic carbocycles. The molecule has 4 nitrogen and oxygen atoms in total. The minimum atomic E-state index is 0.875. The lowest BCUT2D eigenvalue weighted by atomic mass is 10.3. The molecule has 102 valence electrons. The first kappa shape index (κ1) is 13.6. The highest BCUT2D eigenvalue weighted by atomic mass is 16.5. The molecule has 1 aromatic rings. The van der Waals surface area contributed by atoms with Crippen molar-refractivity contribution in [1.82, 2.24) is 15.1 Å². The van der Waals surface area contributed by atoms with E-state index in [0.717, 1.165) is 45.1 Å². The lowest BCUT2D eigenvalue weighted by molar-refractivity contribution is 0.122. The molecule has 0 radical (unpaired) electrons. The van der Waals surface area contributed by atoms with Gasteiger partial charge in [0.25, 0.3) is 0 Å². The number of aryl methyl sites for hydroxylation is 2. The molecule has 0 unspecified atom stereocenters. The van der Waals surface area contributed by atoms with E-state index >= 15 is 0 Å². The Morgan fingerprint density at radius 2 is 2.33 bits per heavy atom. The molecule has 1 fully saturated rings. The van der Waals surface area contributed by atoms with Gasteiger partial charge in [-0.1, -0.05) is 6.92 Å². The van der Waals surface area contributed by atoms with Crippen LogP contribution < -0.4 is 5.32 Å². The van der Waals surface area contributed by atoms with Crippen molar-refractivity contribution in [1.29, 1.82) is 0 Å². The van der Waals surface area contributed by atoms with E-state index in [1.165, 1.54) is 24.2 Å². The average molecular weight is 251 g/mol. The van der Waals surface area contributed by atoms with Gasteiger partial charge in [0.2, 0.25) is 0 Å². The third kappa shape index (κ3) is 4.42. The number of nitrogens with one attached hydrogen (secondary N) is 1. The smallest absolute Gasteiger partial charge is 0.0625 e. The third-order valence-electron chi connectivity index (χ3n) is 3.39. The van der Waals surface area contributed by atoms with Gasteiger partial charge < -0.3 is 10.1 Å². The number of rotatable bonds is 9. The van der Waals surface area contributed by atoms with Gasteiger partial charge in [0.1, 0.15) is 0 Å². The second kappa shape index (κ2) is 6.90. The van der Waals surface area contributed by atoms with Crippen LogP contribution in [0.2, 0.25) is 0 Å². The van der Waals surface area contributed by atoms with Crippen molar-refractivity contribution in [2.24, 2.45) is 13.0 Å². The molecule has 1 aromatic heterocycles. The molecular formula is C14H25N3O. The lowest BCUT2D eigenvalue weighted by Gasteiger charge is -2.05. The van der Waals surface area contributed by atoms with Crippen molar-refractivity contribution in [2.75, 3.05) is 19.8 Å². The Balaban J connectivity index is 1.52. The fourth-order valence-corrected chi connectivity index (χ4v) is 1.96. The average Bonchev–Trinajstić information content (AvgIpc) is 3.12. The normalized spacial score (nSPS) is 15.2. The van der Waals surface area contributed by atoms with Gasteiger partial charge in [-0.05, 0) is 44.2 Å². The van der Waals surface area contributed by atoms with Gasteiger partial charge in [0.05, 0.1) is 11.4 Å². The molecule has 0 amide bonds. The van der Waals surface area contributed by atoms with E-state index < -0.39 is 0 Å². The first-order valence-electron chi connectivity index (χ1n) is 7.10. The van der Waals surface area contributed by atoms with Gasteiger partial charge in [-0.2, -0.15) is 5.10 Å². The summed E-state index contributed by atoms with van der Waals surface area (Å²) in [6, 6.07) is 2.18. The molecule has 4 heteroatoms. The van der Waals surface area contributed by atoms with Crippen molar-refractivity contribution in [3.8, 4) is 0 Å². The highest BCUT2D eigenvalue weighted by Crippen LogP contribution is 2.28. The minimum Gasteiger partial charge on any atom is -0.381 e. The molecule has 1 aliphatic rings. The van der Waals surface area contributed by atoms with Crippen LogP contribution in [0.25, 0.3) is 0 Å². The zero-order chi connectivity index (χ0) is 12.8. The van der Waals surface area contributed by atoms with E-state index in [0.29, 0.717) is 0 Å². The Bertz CT molecular complexity index is 358. The molecule has 1 N–H and O–H groups in total. The first-order chi connectivity index (χ1) is 8.79. The molecule has 1 aliphatic carbocycles. The van der Waals surface area contributed by atoms with Crippen molar-refractivity contribution in [3.05, 3.63) is 17.5 Å². The molecule has 0 bridgehead atoms. The highest BCUT2D eigenvalue weighted by molar-refractivity contribution is 5.09. The molecule has 0 saturated heterocycles. The number of nitrogens with zero attached hydrogens (tertiary/aromatic N) is 2. The summed E-state index contributed by atoms with van der Waals surface area (Å²) < 4.78 is 7.57. The molecule has 0 aliphatic heterocycles.